The lowest BCUT2D eigenvalue weighted by atomic mass is 9.74. The van der Waals surface area contributed by atoms with Crippen LogP contribution < -0.4 is 10.6 Å². The van der Waals surface area contributed by atoms with Gasteiger partial charge in [0.15, 0.2) is 0 Å². The van der Waals surface area contributed by atoms with Crippen molar-refractivity contribution in [2.45, 2.75) is 44.6 Å². The van der Waals surface area contributed by atoms with Gasteiger partial charge in [-0.15, -0.1) is 0 Å². The Morgan fingerprint density at radius 3 is 2.39 bits per heavy atom. The minimum absolute atomic E-state index is 0.688. The van der Waals surface area contributed by atoms with Gasteiger partial charge in [-0.1, -0.05) is 0 Å². The fourth-order valence-electron chi connectivity index (χ4n) is 5.50. The van der Waals surface area contributed by atoms with Gasteiger partial charge < -0.3 is 15.5 Å². The molecule has 5 rings (SSSR count). The largest absolute Gasteiger partial charge is 0.317 e. The molecule has 0 radical (unpaired) electrons. The van der Waals surface area contributed by atoms with E-state index in [9.17, 15) is 0 Å². The minimum Gasteiger partial charge on any atom is -0.317 e. The molecule has 2 N–H and O–H groups in total. The highest BCUT2D eigenvalue weighted by atomic mass is 15.2. The summed E-state index contributed by atoms with van der Waals surface area (Å²) < 4.78 is 0. The summed E-state index contributed by atoms with van der Waals surface area (Å²) in [6.45, 7) is 10.5. The van der Waals surface area contributed by atoms with E-state index >= 15 is 0 Å². The second kappa shape index (κ2) is 6.99. The maximum absolute atomic E-state index is 3.50. The van der Waals surface area contributed by atoms with E-state index in [1.54, 1.807) is 6.42 Å². The van der Waals surface area contributed by atoms with Gasteiger partial charge >= 0.3 is 0 Å². The van der Waals surface area contributed by atoms with Crippen LogP contribution in [0.4, 0.5) is 0 Å². The Labute approximate surface area is 142 Å². The van der Waals surface area contributed by atoms with Gasteiger partial charge in [-0.25, -0.2) is 0 Å². The topological polar surface area (TPSA) is 30.5 Å². The van der Waals surface area contributed by atoms with Crippen molar-refractivity contribution < 1.29 is 0 Å². The Bertz CT molecular complexity index is 359. The first-order chi connectivity index (χ1) is 11.2. The molecule has 4 heteroatoms. The van der Waals surface area contributed by atoms with Crippen LogP contribution in [0.1, 0.15) is 38.5 Å². The van der Waals surface area contributed by atoms with Crippen molar-refractivity contribution in [3.63, 3.8) is 0 Å². The number of hydrogen-bond acceptors (Lipinski definition) is 4. The molecule has 0 aromatic rings. The normalized spacial score (nSPS) is 39.8. The van der Waals surface area contributed by atoms with Gasteiger partial charge in [-0.05, 0) is 77.0 Å². The Morgan fingerprint density at radius 1 is 0.913 bits per heavy atom. The highest BCUT2D eigenvalue weighted by Crippen LogP contribution is 2.46. The second-order valence-corrected chi connectivity index (χ2v) is 9.00. The minimum atomic E-state index is 0.688. The molecule has 5 fully saturated rings. The summed E-state index contributed by atoms with van der Waals surface area (Å²) in [7, 11) is 2.21. The summed E-state index contributed by atoms with van der Waals surface area (Å²) in [5.41, 5.74) is 0.688. The van der Waals surface area contributed by atoms with Crippen LogP contribution in [0.2, 0.25) is 0 Å². The molecule has 3 atom stereocenters. The molecule has 4 aliphatic heterocycles. The number of nitrogens with zero attached hydrogens (tertiary/aromatic N) is 2. The van der Waals surface area contributed by atoms with Crippen molar-refractivity contribution >= 4 is 0 Å². The van der Waals surface area contributed by atoms with Crippen molar-refractivity contribution in [1.29, 1.82) is 0 Å². The molecule has 1 saturated carbocycles. The van der Waals surface area contributed by atoms with E-state index in [2.05, 4.69) is 27.5 Å². The van der Waals surface area contributed by atoms with Crippen LogP contribution in [0.15, 0.2) is 0 Å². The van der Waals surface area contributed by atoms with E-state index in [1.165, 1.54) is 84.5 Å². The summed E-state index contributed by atoms with van der Waals surface area (Å²) in [6, 6.07) is 0.919. The van der Waals surface area contributed by atoms with E-state index in [0.717, 1.165) is 17.9 Å². The molecular weight excluding hydrogens is 284 g/mol. The van der Waals surface area contributed by atoms with E-state index in [0.29, 0.717) is 5.41 Å². The quantitative estimate of drug-likeness (QED) is 0.764. The zero-order valence-electron chi connectivity index (χ0n) is 15.0. The standard InChI is InChI=1S/C11H20N2.C8H16N2/c1-2-11(3-5-12-4-1)13-7-9-6-10(9)8-13;1-10-6-8(7-10)3-2-4-9-5-8/h9-12H,1-8H2;9H,2-7H2,1H3/t9?,10?,11-;/m1./s1. The molecule has 4 nitrogen and oxygen atoms in total. The molecule has 0 aromatic carbocycles. The van der Waals surface area contributed by atoms with Crippen LogP contribution >= 0.6 is 0 Å². The molecule has 0 aromatic heterocycles. The van der Waals surface area contributed by atoms with Gasteiger partial charge in [0.05, 0.1) is 0 Å². The van der Waals surface area contributed by atoms with Gasteiger partial charge in [-0.2, -0.15) is 0 Å². The van der Waals surface area contributed by atoms with Crippen molar-refractivity contribution in [3.8, 4) is 0 Å². The van der Waals surface area contributed by atoms with E-state index in [-0.39, 0.29) is 0 Å². The van der Waals surface area contributed by atoms with E-state index in [1.807, 2.05) is 0 Å². The Kier molecular flexibility index (Phi) is 4.96. The van der Waals surface area contributed by atoms with Gasteiger partial charge in [0.2, 0.25) is 0 Å². The van der Waals surface area contributed by atoms with Crippen molar-refractivity contribution in [2.24, 2.45) is 17.3 Å². The molecule has 4 heterocycles. The average Bonchev–Trinajstić information content (AvgIpc) is 3.24. The van der Waals surface area contributed by atoms with Crippen LogP contribution in [0.5, 0.6) is 0 Å². The first-order valence-corrected chi connectivity index (χ1v) is 10.1. The maximum atomic E-state index is 3.50. The predicted molar refractivity (Wildman–Crippen MR) is 95.7 cm³/mol. The third-order valence-corrected chi connectivity index (χ3v) is 6.84. The highest BCUT2D eigenvalue weighted by molar-refractivity contribution is 4.99. The van der Waals surface area contributed by atoms with Crippen LogP contribution in [0.3, 0.4) is 0 Å². The number of hydrogen-bond donors (Lipinski definition) is 2. The monoisotopic (exact) mass is 320 g/mol. The van der Waals surface area contributed by atoms with Gasteiger partial charge in [0.1, 0.15) is 0 Å². The molecule has 4 saturated heterocycles. The van der Waals surface area contributed by atoms with Crippen LogP contribution in [-0.2, 0) is 0 Å². The number of piperidine rings is 2. The van der Waals surface area contributed by atoms with Gasteiger partial charge in [-0.3, -0.25) is 4.90 Å². The lowest BCUT2D eigenvalue weighted by molar-refractivity contribution is 0.00201. The number of rotatable bonds is 1. The molecule has 1 spiro atoms. The predicted octanol–water partition coefficient (Wildman–Crippen LogP) is 1.38. The lowest BCUT2D eigenvalue weighted by Crippen LogP contribution is -2.60. The first kappa shape index (κ1) is 16.3. The zero-order valence-corrected chi connectivity index (χ0v) is 15.0. The molecule has 2 unspecified atom stereocenters. The number of likely N-dealkylation sites (tertiary alicyclic amines) is 2. The summed E-state index contributed by atoms with van der Waals surface area (Å²) >= 11 is 0. The molecule has 132 valence electrons. The van der Waals surface area contributed by atoms with Crippen LogP contribution in [0, 0.1) is 17.3 Å². The Hall–Kier alpha value is -0.160. The molecule has 1 aliphatic carbocycles. The van der Waals surface area contributed by atoms with Gasteiger partial charge in [0.25, 0.3) is 0 Å². The molecule has 23 heavy (non-hydrogen) atoms. The van der Waals surface area contributed by atoms with Crippen LogP contribution in [0.25, 0.3) is 0 Å². The molecule has 5 aliphatic rings. The van der Waals surface area contributed by atoms with Crippen molar-refractivity contribution in [2.75, 3.05) is 59.4 Å². The molecule has 0 bridgehead atoms. The maximum Gasteiger partial charge on any atom is 0.0108 e. The molecular formula is C19H36N4. The third-order valence-electron chi connectivity index (χ3n) is 6.84. The van der Waals surface area contributed by atoms with Crippen LogP contribution in [-0.4, -0.2) is 75.2 Å². The summed E-state index contributed by atoms with van der Waals surface area (Å²) in [4.78, 5) is 5.18. The number of fused-ring (bicyclic) bond motifs is 1. The SMILES string of the molecule is C1CNCC[C@H](N2CC3CC3C2)C1.CN1CC2(CCCNC2)C1. The zero-order chi connectivity index (χ0) is 15.7. The third kappa shape index (κ3) is 3.92. The Morgan fingerprint density at radius 2 is 1.70 bits per heavy atom. The fourth-order valence-corrected chi connectivity index (χ4v) is 5.50. The van der Waals surface area contributed by atoms with E-state index in [4.69, 9.17) is 0 Å². The summed E-state index contributed by atoms with van der Waals surface area (Å²) in [6.07, 6.45) is 8.59. The first-order valence-electron chi connectivity index (χ1n) is 10.1. The second-order valence-electron chi connectivity index (χ2n) is 9.00. The van der Waals surface area contributed by atoms with Gasteiger partial charge in [0, 0.05) is 44.2 Å². The fraction of sp³-hybridized carbons (Fsp3) is 1.00. The molecule has 0 amide bonds. The van der Waals surface area contributed by atoms with E-state index < -0.39 is 0 Å². The highest BCUT2D eigenvalue weighted by Gasteiger charge is 2.46. The van der Waals surface area contributed by atoms with Crippen molar-refractivity contribution in [1.82, 2.24) is 20.4 Å². The number of nitrogens with one attached hydrogen (secondary N) is 2. The average molecular weight is 321 g/mol. The summed E-state index contributed by atoms with van der Waals surface area (Å²) in [5.74, 6) is 2.22. The smallest absolute Gasteiger partial charge is 0.0108 e. The van der Waals surface area contributed by atoms with Crippen molar-refractivity contribution in [3.05, 3.63) is 0 Å². The summed E-state index contributed by atoms with van der Waals surface area (Å²) in [5, 5.41) is 6.97. The Balaban J connectivity index is 0.000000122. The lowest BCUT2D eigenvalue weighted by Gasteiger charge is -2.51.